The van der Waals surface area contributed by atoms with Gasteiger partial charge in [0.15, 0.2) is 17.2 Å². The van der Waals surface area contributed by atoms with Gasteiger partial charge in [-0.1, -0.05) is 0 Å². The summed E-state index contributed by atoms with van der Waals surface area (Å²) in [6.07, 6.45) is 0. The number of carbonyl (C=O) groups excluding carboxylic acids is 1. The van der Waals surface area contributed by atoms with Crippen LogP contribution in [0.5, 0.6) is 0 Å². The van der Waals surface area contributed by atoms with Gasteiger partial charge in [0.25, 0.3) is 5.91 Å². The molecule has 1 aromatic heterocycles. The Hall–Kier alpha value is -3.05. The van der Waals surface area contributed by atoms with Gasteiger partial charge in [0, 0.05) is 44.4 Å². The molecule has 2 aromatic carbocycles. The maximum absolute atomic E-state index is 13.4. The van der Waals surface area contributed by atoms with Crippen molar-refractivity contribution in [2.45, 2.75) is 18.4 Å². The molecule has 1 saturated heterocycles. The van der Waals surface area contributed by atoms with E-state index in [0.717, 1.165) is 12.1 Å². The highest BCUT2D eigenvalue weighted by molar-refractivity contribution is 7.89. The zero-order valence-corrected chi connectivity index (χ0v) is 17.4. The highest BCUT2D eigenvalue weighted by atomic mass is 32.2. The van der Waals surface area contributed by atoms with Gasteiger partial charge in [-0.15, -0.1) is 0 Å². The predicted molar refractivity (Wildman–Crippen MR) is 107 cm³/mol. The molecule has 0 atom stereocenters. The third-order valence-corrected chi connectivity index (χ3v) is 7.18. The number of sulfonamides is 1. The van der Waals surface area contributed by atoms with Crippen molar-refractivity contribution in [2.24, 2.45) is 0 Å². The molecule has 1 fully saturated rings. The molecule has 8 nitrogen and oxygen atoms in total. The number of nitrogens with zero attached hydrogens (tertiary/aromatic N) is 3. The van der Waals surface area contributed by atoms with Crippen LogP contribution in [0.3, 0.4) is 0 Å². The van der Waals surface area contributed by atoms with Crippen molar-refractivity contribution in [1.29, 1.82) is 0 Å². The molecule has 0 spiro atoms. The molecule has 0 N–H and O–H groups in total. The fraction of sp³-hybridized carbons (Fsp3) is 0.300. The number of hydrogen-bond donors (Lipinski definition) is 0. The van der Waals surface area contributed by atoms with Crippen LogP contribution in [0.4, 0.5) is 8.78 Å². The second-order valence-electron chi connectivity index (χ2n) is 7.07. The average molecular weight is 451 g/mol. The predicted octanol–water partition coefficient (Wildman–Crippen LogP) is 2.04. The van der Waals surface area contributed by atoms with E-state index in [1.807, 2.05) is 0 Å². The molecule has 0 bridgehead atoms. The van der Waals surface area contributed by atoms with Gasteiger partial charge in [0.2, 0.25) is 10.0 Å². The van der Waals surface area contributed by atoms with Crippen molar-refractivity contribution in [2.75, 3.05) is 26.2 Å². The molecule has 1 amide bonds. The number of rotatable bonds is 4. The number of aryl methyl sites for hydroxylation is 1. The molecule has 31 heavy (non-hydrogen) atoms. The third kappa shape index (κ3) is 3.74. The van der Waals surface area contributed by atoms with Crippen LogP contribution in [0.1, 0.15) is 17.3 Å². The van der Waals surface area contributed by atoms with Gasteiger partial charge in [-0.3, -0.25) is 9.36 Å². The van der Waals surface area contributed by atoms with Crippen LogP contribution in [0.2, 0.25) is 0 Å². The van der Waals surface area contributed by atoms with E-state index in [9.17, 15) is 26.8 Å². The quantitative estimate of drug-likeness (QED) is 0.605. The maximum atomic E-state index is 13.4. The van der Waals surface area contributed by atoms with Crippen LogP contribution in [-0.2, 0) is 16.6 Å². The van der Waals surface area contributed by atoms with E-state index in [1.54, 1.807) is 6.92 Å². The minimum absolute atomic E-state index is 0.00359. The second-order valence-corrected chi connectivity index (χ2v) is 9.00. The summed E-state index contributed by atoms with van der Waals surface area (Å²) in [5.74, 6) is -3.22. The number of carbonyl (C=O) groups is 1. The minimum Gasteiger partial charge on any atom is -0.408 e. The van der Waals surface area contributed by atoms with Gasteiger partial charge in [0.05, 0.1) is 10.4 Å². The first-order chi connectivity index (χ1) is 14.7. The molecule has 0 saturated carbocycles. The molecule has 0 aliphatic carbocycles. The summed E-state index contributed by atoms with van der Waals surface area (Å²) in [6.45, 7) is 2.45. The van der Waals surface area contributed by atoms with E-state index in [-0.39, 0.29) is 42.2 Å². The summed E-state index contributed by atoms with van der Waals surface area (Å²) < 4.78 is 60.3. The van der Waals surface area contributed by atoms with Crippen LogP contribution in [0.25, 0.3) is 11.1 Å². The molecule has 4 rings (SSSR count). The Morgan fingerprint density at radius 3 is 2.39 bits per heavy atom. The monoisotopic (exact) mass is 451 g/mol. The van der Waals surface area contributed by atoms with E-state index in [2.05, 4.69) is 0 Å². The topological polar surface area (TPSA) is 92.8 Å². The van der Waals surface area contributed by atoms with E-state index in [1.165, 1.54) is 38.0 Å². The molecule has 164 valence electrons. The number of benzene rings is 2. The van der Waals surface area contributed by atoms with E-state index in [0.29, 0.717) is 12.1 Å². The molecule has 1 aliphatic rings. The first kappa shape index (κ1) is 21.2. The highest BCUT2D eigenvalue weighted by Crippen LogP contribution is 2.23. The van der Waals surface area contributed by atoms with E-state index in [4.69, 9.17) is 4.42 Å². The summed E-state index contributed by atoms with van der Waals surface area (Å²) in [6, 6.07) is 7.15. The summed E-state index contributed by atoms with van der Waals surface area (Å²) in [7, 11) is -3.88. The van der Waals surface area contributed by atoms with Crippen LogP contribution in [0.15, 0.2) is 50.5 Å². The van der Waals surface area contributed by atoms with Crippen LogP contribution >= 0.6 is 0 Å². The molecule has 3 aromatic rings. The minimum atomic E-state index is -3.88. The van der Waals surface area contributed by atoms with E-state index < -0.39 is 33.3 Å². The van der Waals surface area contributed by atoms with Gasteiger partial charge >= 0.3 is 5.76 Å². The molecule has 0 radical (unpaired) electrons. The Morgan fingerprint density at radius 1 is 1.03 bits per heavy atom. The number of aromatic nitrogens is 1. The summed E-state index contributed by atoms with van der Waals surface area (Å²) in [4.78, 5) is 25.7. The van der Waals surface area contributed by atoms with Crippen LogP contribution < -0.4 is 5.76 Å². The Morgan fingerprint density at radius 2 is 1.74 bits per heavy atom. The number of oxazole rings is 1. The second kappa shape index (κ2) is 7.89. The third-order valence-electron chi connectivity index (χ3n) is 5.29. The number of amides is 1. The maximum Gasteiger partial charge on any atom is 0.419 e. The van der Waals surface area contributed by atoms with Crippen molar-refractivity contribution in [3.8, 4) is 0 Å². The molecule has 2 heterocycles. The number of fused-ring (bicyclic) bond motifs is 1. The number of hydrogen-bond acceptors (Lipinski definition) is 5. The van der Waals surface area contributed by atoms with Crippen molar-refractivity contribution in [3.05, 3.63) is 64.1 Å². The molecule has 0 unspecified atom stereocenters. The summed E-state index contributed by atoms with van der Waals surface area (Å²) in [5, 5.41) is 0. The van der Waals surface area contributed by atoms with Crippen LogP contribution in [-0.4, -0.2) is 54.3 Å². The average Bonchev–Trinajstić information content (AvgIpc) is 3.09. The first-order valence-corrected chi connectivity index (χ1v) is 11.0. The fourth-order valence-corrected chi connectivity index (χ4v) is 5.04. The molecular weight excluding hydrogens is 432 g/mol. The smallest absolute Gasteiger partial charge is 0.408 e. The number of halogens is 2. The lowest BCUT2D eigenvalue weighted by atomic mass is 10.1. The Bertz CT molecular complexity index is 1320. The SMILES string of the molecule is CCn1c(=O)oc2cc(S(=O)(=O)N3CCN(C(=O)c4ccc(F)c(F)c4)CC3)ccc21. The molecule has 11 heteroatoms. The van der Waals surface area contributed by atoms with Gasteiger partial charge in [0.1, 0.15) is 0 Å². The lowest BCUT2D eigenvalue weighted by Gasteiger charge is -2.34. The van der Waals surface area contributed by atoms with E-state index >= 15 is 0 Å². The van der Waals surface area contributed by atoms with Gasteiger partial charge in [-0.25, -0.2) is 22.0 Å². The lowest BCUT2D eigenvalue weighted by molar-refractivity contribution is 0.0697. The summed E-state index contributed by atoms with van der Waals surface area (Å²) >= 11 is 0. The Labute approximate surface area is 176 Å². The van der Waals surface area contributed by atoms with Crippen LogP contribution in [0, 0.1) is 11.6 Å². The Balaban J connectivity index is 1.51. The largest absolute Gasteiger partial charge is 0.419 e. The first-order valence-electron chi connectivity index (χ1n) is 9.60. The zero-order chi connectivity index (χ0) is 22.3. The normalized spacial score (nSPS) is 15.5. The van der Waals surface area contributed by atoms with Crippen molar-refractivity contribution < 1.29 is 26.4 Å². The van der Waals surface area contributed by atoms with Crippen molar-refractivity contribution in [1.82, 2.24) is 13.8 Å². The standard InChI is InChI=1S/C20H19F2N3O5S/c1-2-25-17-6-4-14(12-18(17)30-20(25)27)31(28,29)24-9-7-23(8-10-24)19(26)13-3-5-15(21)16(22)11-13/h3-6,11-12H,2,7-10H2,1H3. The zero-order valence-electron chi connectivity index (χ0n) is 16.5. The Kier molecular flexibility index (Phi) is 5.40. The van der Waals surface area contributed by atoms with Crippen molar-refractivity contribution in [3.63, 3.8) is 0 Å². The number of piperazine rings is 1. The summed E-state index contributed by atoms with van der Waals surface area (Å²) in [5.41, 5.74) is 0.685. The lowest BCUT2D eigenvalue weighted by Crippen LogP contribution is -2.50. The highest BCUT2D eigenvalue weighted by Gasteiger charge is 2.31. The van der Waals surface area contributed by atoms with Gasteiger partial charge in [-0.05, 0) is 37.3 Å². The fourth-order valence-electron chi connectivity index (χ4n) is 3.60. The van der Waals surface area contributed by atoms with Crippen molar-refractivity contribution >= 4 is 27.0 Å². The molecular formula is C20H19F2N3O5S. The van der Waals surface area contributed by atoms with Gasteiger partial charge in [-0.2, -0.15) is 4.31 Å². The molecule has 1 aliphatic heterocycles. The van der Waals surface area contributed by atoms with Gasteiger partial charge < -0.3 is 9.32 Å².